The first-order chi connectivity index (χ1) is 9.86. The number of nitrogens with zero attached hydrogens (tertiary/aromatic N) is 1. The SMILES string of the molecule is CC(C)(C)OC(=O)N1CCC(OCCC(=O)O)(C(F)(F)F)C1. The first-order valence-corrected chi connectivity index (χ1v) is 6.77. The number of rotatable bonds is 4. The highest BCUT2D eigenvalue weighted by atomic mass is 19.4. The van der Waals surface area contributed by atoms with Crippen molar-refractivity contribution in [3.05, 3.63) is 0 Å². The van der Waals surface area contributed by atoms with Crippen LogP contribution in [0.4, 0.5) is 18.0 Å². The van der Waals surface area contributed by atoms with E-state index in [1.54, 1.807) is 20.8 Å². The van der Waals surface area contributed by atoms with Gasteiger partial charge in [-0.15, -0.1) is 0 Å². The quantitative estimate of drug-likeness (QED) is 0.858. The number of amides is 1. The second kappa shape index (κ2) is 6.31. The molecule has 1 saturated heterocycles. The largest absolute Gasteiger partial charge is 0.481 e. The van der Waals surface area contributed by atoms with Crippen LogP contribution in [0.25, 0.3) is 0 Å². The third kappa shape index (κ3) is 4.75. The number of alkyl halides is 3. The third-order valence-corrected chi connectivity index (χ3v) is 3.09. The van der Waals surface area contributed by atoms with E-state index < -0.39 is 55.4 Å². The van der Waals surface area contributed by atoms with E-state index in [-0.39, 0.29) is 6.54 Å². The van der Waals surface area contributed by atoms with Crippen LogP contribution in [0.1, 0.15) is 33.6 Å². The van der Waals surface area contributed by atoms with E-state index >= 15 is 0 Å². The number of halogens is 3. The summed E-state index contributed by atoms with van der Waals surface area (Å²) in [6.45, 7) is 3.40. The Hall–Kier alpha value is -1.51. The molecule has 0 spiro atoms. The third-order valence-electron chi connectivity index (χ3n) is 3.09. The maximum absolute atomic E-state index is 13.3. The number of hydrogen-bond acceptors (Lipinski definition) is 4. The average molecular weight is 327 g/mol. The Bertz CT molecular complexity index is 432. The molecule has 1 rings (SSSR count). The van der Waals surface area contributed by atoms with Crippen molar-refractivity contribution in [3.8, 4) is 0 Å². The fourth-order valence-corrected chi connectivity index (χ4v) is 2.03. The number of aliphatic carboxylic acids is 1. The molecule has 0 bridgehead atoms. The second-order valence-electron chi connectivity index (χ2n) is 6.14. The van der Waals surface area contributed by atoms with Gasteiger partial charge in [0.1, 0.15) is 5.60 Å². The Morgan fingerprint density at radius 3 is 2.32 bits per heavy atom. The zero-order valence-corrected chi connectivity index (χ0v) is 12.7. The predicted molar refractivity (Wildman–Crippen MR) is 69.4 cm³/mol. The molecular weight excluding hydrogens is 307 g/mol. The molecule has 0 aromatic rings. The van der Waals surface area contributed by atoms with Gasteiger partial charge in [0, 0.05) is 13.0 Å². The maximum atomic E-state index is 13.3. The molecular formula is C13H20F3NO5. The van der Waals surface area contributed by atoms with Crippen LogP contribution in [0.15, 0.2) is 0 Å². The summed E-state index contributed by atoms with van der Waals surface area (Å²) in [6.07, 6.45) is -6.54. The molecule has 1 aliphatic heterocycles. The van der Waals surface area contributed by atoms with Gasteiger partial charge < -0.3 is 19.5 Å². The van der Waals surface area contributed by atoms with Crippen LogP contribution in [-0.4, -0.2) is 59.1 Å². The molecule has 1 amide bonds. The fraction of sp³-hybridized carbons (Fsp3) is 0.846. The molecule has 0 saturated carbocycles. The van der Waals surface area contributed by atoms with Crippen LogP contribution >= 0.6 is 0 Å². The minimum absolute atomic E-state index is 0.165. The minimum atomic E-state index is -4.71. The van der Waals surface area contributed by atoms with Gasteiger partial charge in [-0.3, -0.25) is 4.79 Å². The van der Waals surface area contributed by atoms with E-state index in [4.69, 9.17) is 14.6 Å². The van der Waals surface area contributed by atoms with Gasteiger partial charge in [0.05, 0.1) is 19.6 Å². The molecule has 0 aliphatic carbocycles. The van der Waals surface area contributed by atoms with Gasteiger partial charge in [0.15, 0.2) is 5.60 Å². The number of hydrogen-bond donors (Lipinski definition) is 1. The number of carboxylic acid groups (broad SMARTS) is 1. The highest BCUT2D eigenvalue weighted by molar-refractivity contribution is 5.69. The van der Waals surface area contributed by atoms with E-state index in [9.17, 15) is 22.8 Å². The smallest absolute Gasteiger partial charge is 0.419 e. The van der Waals surface area contributed by atoms with Crippen molar-refractivity contribution >= 4 is 12.1 Å². The summed E-state index contributed by atoms with van der Waals surface area (Å²) in [5.41, 5.74) is -3.36. The Morgan fingerprint density at radius 2 is 1.86 bits per heavy atom. The van der Waals surface area contributed by atoms with Crippen molar-refractivity contribution in [2.45, 2.75) is 51.0 Å². The number of likely N-dealkylation sites (tertiary alicyclic amines) is 1. The monoisotopic (exact) mass is 327 g/mol. The van der Waals surface area contributed by atoms with Gasteiger partial charge in [-0.05, 0) is 20.8 Å². The normalized spacial score (nSPS) is 22.7. The molecule has 22 heavy (non-hydrogen) atoms. The Kier molecular flexibility index (Phi) is 5.32. The maximum Gasteiger partial charge on any atom is 0.419 e. The molecule has 1 aliphatic rings. The van der Waals surface area contributed by atoms with Crippen molar-refractivity contribution < 1.29 is 37.3 Å². The molecule has 1 unspecified atom stereocenters. The van der Waals surface area contributed by atoms with Crippen LogP contribution < -0.4 is 0 Å². The van der Waals surface area contributed by atoms with Crippen LogP contribution in [0.3, 0.4) is 0 Å². The first-order valence-electron chi connectivity index (χ1n) is 6.77. The van der Waals surface area contributed by atoms with E-state index in [0.717, 1.165) is 4.90 Å². The van der Waals surface area contributed by atoms with E-state index in [1.165, 1.54) is 0 Å². The lowest BCUT2D eigenvalue weighted by Crippen LogP contribution is -2.51. The molecule has 0 aromatic heterocycles. The molecule has 9 heteroatoms. The summed E-state index contributed by atoms with van der Waals surface area (Å²) >= 11 is 0. The molecule has 1 heterocycles. The van der Waals surface area contributed by atoms with Crippen LogP contribution in [-0.2, 0) is 14.3 Å². The van der Waals surface area contributed by atoms with Crippen molar-refractivity contribution in [1.82, 2.24) is 4.90 Å². The molecule has 6 nitrogen and oxygen atoms in total. The molecule has 0 aromatic carbocycles. The van der Waals surface area contributed by atoms with E-state index in [0.29, 0.717) is 0 Å². The Labute approximate surface area is 126 Å². The van der Waals surface area contributed by atoms with Crippen molar-refractivity contribution in [3.63, 3.8) is 0 Å². The van der Waals surface area contributed by atoms with Gasteiger partial charge in [-0.25, -0.2) is 4.79 Å². The highest BCUT2D eigenvalue weighted by Gasteiger charge is 2.60. The average Bonchev–Trinajstić information content (AvgIpc) is 2.71. The lowest BCUT2D eigenvalue weighted by molar-refractivity contribution is -0.272. The van der Waals surface area contributed by atoms with Gasteiger partial charge in [-0.1, -0.05) is 0 Å². The first kappa shape index (κ1) is 18.5. The molecule has 128 valence electrons. The van der Waals surface area contributed by atoms with Crippen molar-refractivity contribution in [1.29, 1.82) is 0 Å². The zero-order chi connectivity index (χ0) is 17.2. The number of carbonyl (C=O) groups is 2. The van der Waals surface area contributed by atoms with Crippen LogP contribution in [0.2, 0.25) is 0 Å². The summed E-state index contributed by atoms with van der Waals surface area (Å²) in [7, 11) is 0. The van der Waals surface area contributed by atoms with Crippen LogP contribution in [0.5, 0.6) is 0 Å². The van der Waals surface area contributed by atoms with Crippen molar-refractivity contribution in [2.75, 3.05) is 19.7 Å². The van der Waals surface area contributed by atoms with Gasteiger partial charge in [0.25, 0.3) is 0 Å². The van der Waals surface area contributed by atoms with Crippen molar-refractivity contribution in [2.24, 2.45) is 0 Å². The second-order valence-corrected chi connectivity index (χ2v) is 6.14. The summed E-state index contributed by atoms with van der Waals surface area (Å²) in [5.74, 6) is -1.25. The number of carboxylic acids is 1. The highest BCUT2D eigenvalue weighted by Crippen LogP contribution is 2.41. The predicted octanol–water partition coefficient (Wildman–Crippen LogP) is 2.42. The van der Waals surface area contributed by atoms with Gasteiger partial charge in [0.2, 0.25) is 0 Å². The Balaban J connectivity index is 2.76. The van der Waals surface area contributed by atoms with Crippen LogP contribution in [0, 0.1) is 0 Å². The number of ether oxygens (including phenoxy) is 2. The molecule has 0 radical (unpaired) electrons. The minimum Gasteiger partial charge on any atom is -0.481 e. The summed E-state index contributed by atoms with van der Waals surface area (Å²) in [5, 5.41) is 8.50. The topological polar surface area (TPSA) is 76.1 Å². The molecule has 1 atom stereocenters. The molecule has 1 N–H and O–H groups in total. The van der Waals surface area contributed by atoms with E-state index in [2.05, 4.69) is 0 Å². The fourth-order valence-electron chi connectivity index (χ4n) is 2.03. The lowest BCUT2D eigenvalue weighted by Gasteiger charge is -2.32. The zero-order valence-electron chi connectivity index (χ0n) is 12.7. The van der Waals surface area contributed by atoms with Gasteiger partial charge in [-0.2, -0.15) is 13.2 Å². The summed E-state index contributed by atoms with van der Waals surface area (Å²) < 4.78 is 49.7. The van der Waals surface area contributed by atoms with E-state index in [1.807, 2.05) is 0 Å². The van der Waals surface area contributed by atoms with Gasteiger partial charge >= 0.3 is 18.2 Å². The Morgan fingerprint density at radius 1 is 1.27 bits per heavy atom. The lowest BCUT2D eigenvalue weighted by atomic mass is 10.0. The summed E-state index contributed by atoms with van der Waals surface area (Å²) in [6, 6.07) is 0. The standard InChI is InChI=1S/C13H20F3NO5/c1-11(2,3)22-10(20)17-6-5-12(8-17,13(14,15)16)21-7-4-9(18)19/h4-8H2,1-3H3,(H,18,19). The summed E-state index contributed by atoms with van der Waals surface area (Å²) in [4.78, 5) is 23.2. The molecule has 1 fully saturated rings. The number of carbonyl (C=O) groups excluding carboxylic acids is 1.